The van der Waals surface area contributed by atoms with Gasteiger partial charge in [0, 0.05) is 48.0 Å². The molecule has 1 aromatic carbocycles. The molecule has 0 amide bonds. The zero-order valence-electron chi connectivity index (χ0n) is 28.2. The highest BCUT2D eigenvalue weighted by Crippen LogP contribution is 2.32. The van der Waals surface area contributed by atoms with Crippen LogP contribution in [0, 0.1) is 0 Å². The number of hydrogen-bond donors (Lipinski definition) is 2. The van der Waals surface area contributed by atoms with Gasteiger partial charge in [0.25, 0.3) is 5.56 Å². The quantitative estimate of drug-likeness (QED) is 0.532. The Morgan fingerprint density at radius 1 is 1.28 bits per heavy atom. The van der Waals surface area contributed by atoms with Gasteiger partial charge in [-0.25, -0.2) is 13.4 Å². The molecule has 10 nitrogen and oxygen atoms in total. The van der Waals surface area contributed by atoms with Crippen molar-refractivity contribution < 1.29 is 28.2 Å². The summed E-state index contributed by atoms with van der Waals surface area (Å²) in [6.07, 6.45) is 0.768. The second-order valence-corrected chi connectivity index (χ2v) is 8.47. The molecule has 1 aliphatic rings. The molecule has 0 saturated carbocycles. The van der Waals surface area contributed by atoms with Crippen LogP contribution in [0.1, 0.15) is 41.0 Å². The fourth-order valence-electron chi connectivity index (χ4n) is 3.19. The lowest BCUT2D eigenvalue weighted by molar-refractivity contribution is 0.341. The number of aromatic amines is 1. The third-order valence-electron chi connectivity index (χ3n) is 4.57. The first kappa shape index (κ1) is 12.5. The molecular weight excluding hydrogens is 432 g/mol. The minimum absolute atomic E-state index is 0.0128. The van der Waals surface area contributed by atoms with Crippen molar-refractivity contribution in [1.82, 2.24) is 29.4 Å². The molecule has 32 heavy (non-hydrogen) atoms. The van der Waals surface area contributed by atoms with Crippen molar-refractivity contribution in [2.75, 3.05) is 32.6 Å². The molecule has 1 fully saturated rings. The highest BCUT2D eigenvalue weighted by atomic mass is 32.2. The highest BCUT2D eigenvalue weighted by Gasteiger charge is 2.27. The Hall–Kier alpha value is -2.76. The first-order valence-corrected chi connectivity index (χ1v) is 11.1. The molecule has 3 aromatic rings. The fraction of sp³-hybridized carbons (Fsp3) is 0.476. The summed E-state index contributed by atoms with van der Waals surface area (Å²) in [5.74, 6) is -0.293. The lowest BCUT2D eigenvalue weighted by Crippen LogP contribution is -2.46. The molecule has 0 bridgehead atoms. The second-order valence-electron chi connectivity index (χ2n) is 6.68. The maximum atomic E-state index is 13.9. The van der Waals surface area contributed by atoms with Gasteiger partial charge < -0.3 is 15.0 Å². The Kier molecular flexibility index (Phi) is 3.51. The summed E-state index contributed by atoms with van der Waals surface area (Å²) >= 11 is 0. The van der Waals surface area contributed by atoms with Crippen LogP contribution >= 0.6 is 0 Å². The lowest BCUT2D eigenvalue weighted by Gasteiger charge is -2.26. The Morgan fingerprint density at radius 2 is 2.06 bits per heavy atom. The summed E-state index contributed by atoms with van der Waals surface area (Å²) in [5.41, 5.74) is -1.32. The van der Waals surface area contributed by atoms with Crippen LogP contribution in [-0.2, 0) is 23.4 Å². The van der Waals surface area contributed by atoms with E-state index in [0.717, 1.165) is 18.2 Å². The Labute approximate surface area is 202 Å². The number of fused-ring (bicyclic) bond motifs is 1. The molecule has 0 atom stereocenters. The summed E-state index contributed by atoms with van der Waals surface area (Å²) in [5, 5.41) is 5.63. The van der Waals surface area contributed by atoms with Gasteiger partial charge >= 0.3 is 0 Å². The number of sulfonamides is 1. The molecule has 0 unspecified atom stereocenters. The smallest absolute Gasteiger partial charge is 0.277 e. The summed E-state index contributed by atoms with van der Waals surface area (Å²) < 4.78 is 121. The highest BCUT2D eigenvalue weighted by molar-refractivity contribution is 7.89. The minimum atomic E-state index is -5.37. The molecule has 2 aromatic heterocycles. The van der Waals surface area contributed by atoms with E-state index in [9.17, 15) is 13.2 Å². The molecule has 4 rings (SSSR count). The monoisotopic (exact) mass is 471 g/mol. The van der Waals surface area contributed by atoms with E-state index in [1.807, 2.05) is 0 Å². The number of benzene rings is 1. The van der Waals surface area contributed by atoms with Crippen LogP contribution in [0.3, 0.4) is 0 Å². The Bertz CT molecular complexity index is 1710. The average molecular weight is 472 g/mol. The maximum Gasteiger partial charge on any atom is 0.277 e. The van der Waals surface area contributed by atoms with Gasteiger partial charge in [0.05, 0.1) is 22.8 Å². The van der Waals surface area contributed by atoms with E-state index in [2.05, 4.69) is 15.1 Å². The molecule has 172 valence electrons. The zero-order chi connectivity index (χ0) is 32.6. The second kappa shape index (κ2) is 9.00. The number of nitrogens with one attached hydrogen (secondary N) is 2. The molecule has 1 saturated heterocycles. The van der Waals surface area contributed by atoms with Crippen molar-refractivity contribution in [2.24, 2.45) is 6.98 Å². The SMILES string of the molecule is [2H]C([2H])([2H])n1nc(CCC)c2nc(-c3cc(S(=O)(=O)N4C([2H])([2H])C([2H])([2H])NC([2H])([2H])C4([2H])[2H])ccc3OCC)[nH]c(=O)c21. The third-order valence-corrected chi connectivity index (χ3v) is 6.08. The van der Waals surface area contributed by atoms with Gasteiger partial charge in [-0.3, -0.25) is 9.48 Å². The summed E-state index contributed by atoms with van der Waals surface area (Å²) in [4.78, 5) is 19.2. The van der Waals surface area contributed by atoms with Gasteiger partial charge in [-0.15, -0.1) is 0 Å². The first-order valence-electron chi connectivity index (χ1n) is 15.2. The Balaban J connectivity index is 2.00. The van der Waals surface area contributed by atoms with Gasteiger partial charge in [0.2, 0.25) is 10.0 Å². The molecule has 0 spiro atoms. The van der Waals surface area contributed by atoms with E-state index in [0.29, 0.717) is 11.1 Å². The largest absolute Gasteiger partial charge is 0.493 e. The topological polar surface area (TPSA) is 122 Å². The third kappa shape index (κ3) is 4.03. The first-order chi connectivity index (χ1) is 19.5. The minimum Gasteiger partial charge on any atom is -0.493 e. The van der Waals surface area contributed by atoms with Crippen molar-refractivity contribution in [3.05, 3.63) is 34.2 Å². The van der Waals surface area contributed by atoms with E-state index in [-0.39, 0.29) is 46.9 Å². The molecule has 3 heterocycles. The van der Waals surface area contributed by atoms with Crippen LogP contribution in [0.25, 0.3) is 22.4 Å². The summed E-state index contributed by atoms with van der Waals surface area (Å²) in [6.45, 7) is -13.4. The van der Waals surface area contributed by atoms with Crippen LogP contribution < -0.4 is 15.6 Å². The maximum absolute atomic E-state index is 13.9. The van der Waals surface area contributed by atoms with Crippen LogP contribution in [-0.4, -0.2) is 65.1 Å². The fourth-order valence-corrected chi connectivity index (χ4v) is 4.24. The molecule has 2 N–H and O–H groups in total. The normalized spacial score (nSPS) is 27.1. The van der Waals surface area contributed by atoms with Crippen molar-refractivity contribution in [3.8, 4) is 17.1 Å². The van der Waals surface area contributed by atoms with Crippen molar-refractivity contribution in [1.29, 1.82) is 0 Å². The van der Waals surface area contributed by atoms with E-state index in [1.165, 1.54) is 0 Å². The zero-order valence-corrected chi connectivity index (χ0v) is 18.0. The molecule has 11 heteroatoms. The number of nitrogens with zero attached hydrogens (tertiary/aromatic N) is 4. The van der Waals surface area contributed by atoms with Crippen molar-refractivity contribution in [3.63, 3.8) is 0 Å². The van der Waals surface area contributed by atoms with Crippen LogP contribution in [0.5, 0.6) is 5.75 Å². The standard InChI is InChI=1S/C21H28N6O4S/c1-4-6-16-18-19(26(3)25-16)21(28)24-20(23-18)15-13-14(7-8-17(15)31-5-2)32(29,30)27-11-9-22-10-12-27/h7-8,13,22H,4-6,9-12H2,1-3H3,(H,23,24,28)/i3D3,9D2,10D2,11D2,12D2. The molecular formula is C21H28N6O4S. The molecule has 0 radical (unpaired) electrons. The van der Waals surface area contributed by atoms with E-state index < -0.39 is 57.7 Å². The van der Waals surface area contributed by atoms with Gasteiger partial charge in [0.1, 0.15) is 17.1 Å². The van der Waals surface area contributed by atoms with Gasteiger partial charge in [-0.2, -0.15) is 9.40 Å². The van der Waals surface area contributed by atoms with E-state index >= 15 is 0 Å². The number of H-pyrrole nitrogens is 1. The summed E-state index contributed by atoms with van der Waals surface area (Å²) in [7, 11) is -5.37. The van der Waals surface area contributed by atoms with Crippen LogP contribution in [0.4, 0.5) is 0 Å². The Morgan fingerprint density at radius 3 is 2.75 bits per heavy atom. The van der Waals surface area contributed by atoms with Gasteiger partial charge in [-0.1, -0.05) is 13.3 Å². The van der Waals surface area contributed by atoms with Crippen LogP contribution in [0.15, 0.2) is 27.9 Å². The number of aromatic nitrogens is 4. The number of aryl methyl sites for hydroxylation is 2. The van der Waals surface area contributed by atoms with Crippen molar-refractivity contribution >= 4 is 21.1 Å². The van der Waals surface area contributed by atoms with E-state index in [1.54, 1.807) is 19.2 Å². The predicted octanol–water partition coefficient (Wildman–Crippen LogP) is 1.27. The predicted molar refractivity (Wildman–Crippen MR) is 121 cm³/mol. The molecule has 1 aliphatic heterocycles. The average Bonchev–Trinajstić information content (AvgIpc) is 3.22. The molecule has 0 aliphatic carbocycles. The van der Waals surface area contributed by atoms with Gasteiger partial charge in [0.15, 0.2) is 5.52 Å². The number of ether oxygens (including phenoxy) is 1. The summed E-state index contributed by atoms with van der Waals surface area (Å²) in [6, 6.07) is 2.94. The number of piperazine rings is 1. The van der Waals surface area contributed by atoms with E-state index in [4.69, 9.17) is 19.8 Å². The van der Waals surface area contributed by atoms with Crippen LogP contribution in [0.2, 0.25) is 0 Å². The number of hydrogen-bond acceptors (Lipinski definition) is 7. The number of rotatable bonds is 7. The lowest BCUT2D eigenvalue weighted by atomic mass is 10.1. The van der Waals surface area contributed by atoms with Crippen molar-refractivity contribution in [2.45, 2.75) is 31.6 Å². The van der Waals surface area contributed by atoms with Gasteiger partial charge in [-0.05, 0) is 31.5 Å².